The Kier molecular flexibility index (Phi) is 7.77. The number of rotatable bonds is 5. The summed E-state index contributed by atoms with van der Waals surface area (Å²) in [4.78, 5) is 37.0. The summed E-state index contributed by atoms with van der Waals surface area (Å²) in [6.45, 7) is 19.2. The topological polar surface area (TPSA) is 92.7 Å². The minimum absolute atomic E-state index is 0.0262. The van der Waals surface area contributed by atoms with E-state index in [4.69, 9.17) is 4.74 Å². The fraction of sp³-hybridized carbons (Fsp3) is 0.675. The molecule has 0 aromatic heterocycles. The van der Waals surface area contributed by atoms with Crippen LogP contribution in [0.1, 0.15) is 134 Å². The number of esters is 1. The molecule has 0 spiro atoms. The van der Waals surface area contributed by atoms with Gasteiger partial charge in [-0.1, -0.05) is 78.3 Å². The molecule has 0 bridgehead atoms. The van der Waals surface area contributed by atoms with E-state index in [1.54, 1.807) is 36.3 Å². The number of amides is 1. The van der Waals surface area contributed by atoms with Gasteiger partial charge in [0.25, 0.3) is 5.91 Å². The van der Waals surface area contributed by atoms with Gasteiger partial charge in [0.2, 0.25) is 0 Å². The molecule has 2 N–H and O–H groups in total. The van der Waals surface area contributed by atoms with E-state index >= 15 is 0 Å². The molecule has 46 heavy (non-hydrogen) atoms. The smallest absolute Gasteiger partial charge is 0.336 e. The SMILES string of the molecule is CC(=O)OC1CCC2(C)C(CCC3(C)C2C=CC2=C4C[C@@](C)(CNC(=O)c5ccccc5C(=O)O)CCC4(C)CC[C@]23C)C1(C)C. The number of ether oxygens (including phenoxy) is 1. The fourth-order valence-corrected chi connectivity index (χ4v) is 11.6. The summed E-state index contributed by atoms with van der Waals surface area (Å²) in [6.07, 6.45) is 14.8. The van der Waals surface area contributed by atoms with Crippen LogP contribution in [0.2, 0.25) is 0 Å². The molecule has 1 aromatic carbocycles. The molecule has 0 radical (unpaired) electrons. The summed E-state index contributed by atoms with van der Waals surface area (Å²) in [5, 5.41) is 12.7. The molecule has 250 valence electrons. The monoisotopic (exact) mass is 629 g/mol. The Balaban J connectivity index is 1.31. The van der Waals surface area contributed by atoms with Gasteiger partial charge in [0.15, 0.2) is 0 Å². The van der Waals surface area contributed by atoms with Crippen molar-refractivity contribution in [2.24, 2.45) is 44.3 Å². The zero-order chi connectivity index (χ0) is 33.5. The lowest BCUT2D eigenvalue weighted by Crippen LogP contribution is -2.63. The quantitative estimate of drug-likeness (QED) is 0.318. The van der Waals surface area contributed by atoms with Crippen LogP contribution < -0.4 is 5.32 Å². The third-order valence-electron chi connectivity index (χ3n) is 14.6. The van der Waals surface area contributed by atoms with Gasteiger partial charge in [0.1, 0.15) is 6.10 Å². The lowest BCUT2D eigenvalue weighted by atomic mass is 9.35. The fourth-order valence-electron chi connectivity index (χ4n) is 11.6. The Bertz CT molecular complexity index is 1520. The standard InChI is InChI=1S/C40H55NO5/c1-25(42)46-32-16-17-38(6)30(35(32,2)3)15-18-40(8)31(38)14-13-28-29-23-36(4,19-20-37(29,5)21-22-39(28,40)7)24-41-33(43)26-11-9-10-12-27(26)34(44)45/h9-14,30-32H,15-24H2,1-8H3,(H,41,43)(H,44,45)/t30?,31?,32?,36-,37?,38?,39+,40?/m0/s1. The van der Waals surface area contributed by atoms with Crippen molar-refractivity contribution in [1.82, 2.24) is 5.32 Å². The van der Waals surface area contributed by atoms with Gasteiger partial charge in [-0.2, -0.15) is 0 Å². The number of aromatic carboxylic acids is 1. The summed E-state index contributed by atoms with van der Waals surface area (Å²) in [5.41, 5.74) is 3.69. The number of carbonyl (C=O) groups is 3. The van der Waals surface area contributed by atoms with Crippen LogP contribution in [0.4, 0.5) is 0 Å². The van der Waals surface area contributed by atoms with E-state index in [1.165, 1.54) is 25.3 Å². The molecule has 0 heterocycles. The van der Waals surface area contributed by atoms with Gasteiger partial charge in [0.05, 0.1) is 11.1 Å². The Morgan fingerprint density at radius 1 is 0.891 bits per heavy atom. The third kappa shape index (κ3) is 4.82. The van der Waals surface area contributed by atoms with Gasteiger partial charge in [0, 0.05) is 18.9 Å². The lowest BCUT2D eigenvalue weighted by molar-refractivity contribution is -0.197. The molecule has 0 saturated heterocycles. The van der Waals surface area contributed by atoms with Crippen molar-refractivity contribution in [3.8, 4) is 0 Å². The van der Waals surface area contributed by atoms with Gasteiger partial charge in [-0.3, -0.25) is 9.59 Å². The highest BCUT2D eigenvalue weighted by molar-refractivity contribution is 6.04. The van der Waals surface area contributed by atoms with Crippen molar-refractivity contribution in [1.29, 1.82) is 0 Å². The van der Waals surface area contributed by atoms with Crippen molar-refractivity contribution in [2.75, 3.05) is 6.54 Å². The van der Waals surface area contributed by atoms with Crippen molar-refractivity contribution < 1.29 is 24.2 Å². The normalized spacial score (nSPS) is 40.9. The van der Waals surface area contributed by atoms with Crippen molar-refractivity contribution in [2.45, 2.75) is 119 Å². The molecule has 6 nitrogen and oxygen atoms in total. The van der Waals surface area contributed by atoms with Crippen LogP contribution >= 0.6 is 0 Å². The maximum Gasteiger partial charge on any atom is 0.336 e. The summed E-state index contributed by atoms with van der Waals surface area (Å²) in [6, 6.07) is 6.46. The number of hydrogen-bond donors (Lipinski definition) is 2. The Morgan fingerprint density at radius 3 is 2.24 bits per heavy atom. The summed E-state index contributed by atoms with van der Waals surface area (Å²) >= 11 is 0. The molecule has 1 aromatic rings. The highest BCUT2D eigenvalue weighted by Gasteiger charge is 2.66. The van der Waals surface area contributed by atoms with Crippen LogP contribution in [-0.2, 0) is 9.53 Å². The Labute approximate surface area is 275 Å². The first-order valence-electron chi connectivity index (χ1n) is 17.6. The van der Waals surface area contributed by atoms with Gasteiger partial charge in [-0.05, 0) is 114 Å². The molecule has 5 aliphatic rings. The molecule has 6 rings (SSSR count). The number of fused-ring (bicyclic) bond motifs is 6. The molecule has 1 amide bonds. The first-order chi connectivity index (χ1) is 21.4. The third-order valence-corrected chi connectivity index (χ3v) is 14.6. The summed E-state index contributed by atoms with van der Waals surface area (Å²) in [5.74, 6) is -0.626. The van der Waals surface area contributed by atoms with E-state index < -0.39 is 5.97 Å². The number of nitrogens with one attached hydrogen (secondary N) is 1. The van der Waals surface area contributed by atoms with Crippen molar-refractivity contribution in [3.63, 3.8) is 0 Å². The van der Waals surface area contributed by atoms with E-state index in [9.17, 15) is 19.5 Å². The minimum atomic E-state index is -1.08. The Morgan fingerprint density at radius 2 is 1.57 bits per heavy atom. The molecular formula is C40H55NO5. The molecule has 3 fully saturated rings. The second-order valence-electron chi connectivity index (χ2n) is 17.6. The van der Waals surface area contributed by atoms with Crippen molar-refractivity contribution >= 4 is 17.8 Å². The van der Waals surface area contributed by atoms with E-state index in [1.807, 2.05) is 0 Å². The molecule has 5 aliphatic carbocycles. The van der Waals surface area contributed by atoms with Gasteiger partial charge >= 0.3 is 11.9 Å². The van der Waals surface area contributed by atoms with Gasteiger partial charge < -0.3 is 15.2 Å². The summed E-state index contributed by atoms with van der Waals surface area (Å²) in [7, 11) is 0. The number of carbonyl (C=O) groups excluding carboxylic acids is 2. The maximum atomic E-state index is 13.2. The van der Waals surface area contributed by atoms with Crippen LogP contribution in [-0.4, -0.2) is 35.6 Å². The maximum absolute atomic E-state index is 13.2. The van der Waals surface area contributed by atoms with Crippen LogP contribution in [0.15, 0.2) is 47.6 Å². The molecule has 0 aliphatic heterocycles. The van der Waals surface area contributed by atoms with Crippen LogP contribution in [0.3, 0.4) is 0 Å². The number of allylic oxidation sites excluding steroid dienone is 4. The van der Waals surface area contributed by atoms with E-state index in [-0.39, 0.29) is 61.6 Å². The second kappa shape index (κ2) is 10.8. The van der Waals surface area contributed by atoms with E-state index in [0.29, 0.717) is 18.4 Å². The second-order valence-corrected chi connectivity index (χ2v) is 17.6. The highest BCUT2D eigenvalue weighted by Crippen LogP contribution is 2.74. The largest absolute Gasteiger partial charge is 0.478 e. The average Bonchev–Trinajstić information content (AvgIpc) is 2.98. The van der Waals surface area contributed by atoms with Crippen LogP contribution in [0.5, 0.6) is 0 Å². The van der Waals surface area contributed by atoms with Crippen LogP contribution in [0, 0.1) is 44.3 Å². The number of carboxylic acids is 1. The first-order valence-corrected chi connectivity index (χ1v) is 17.6. The number of carboxylic acid groups (broad SMARTS) is 1. The zero-order valence-electron chi connectivity index (χ0n) is 29.3. The van der Waals surface area contributed by atoms with E-state index in [2.05, 4.69) is 65.9 Å². The predicted octanol–water partition coefficient (Wildman–Crippen LogP) is 8.77. The predicted molar refractivity (Wildman–Crippen MR) is 180 cm³/mol. The van der Waals surface area contributed by atoms with Gasteiger partial charge in [-0.15, -0.1) is 0 Å². The van der Waals surface area contributed by atoms with Crippen molar-refractivity contribution in [3.05, 3.63) is 58.7 Å². The van der Waals surface area contributed by atoms with E-state index in [0.717, 1.165) is 38.5 Å². The molecule has 8 atom stereocenters. The minimum Gasteiger partial charge on any atom is -0.478 e. The zero-order valence-corrected chi connectivity index (χ0v) is 29.3. The lowest BCUT2D eigenvalue weighted by Gasteiger charge is -2.69. The number of hydrogen-bond acceptors (Lipinski definition) is 4. The molecule has 6 unspecified atom stereocenters. The van der Waals surface area contributed by atoms with Crippen LogP contribution in [0.25, 0.3) is 0 Å². The molecule has 3 saturated carbocycles. The summed E-state index contributed by atoms with van der Waals surface area (Å²) < 4.78 is 5.92. The Hall–Kier alpha value is -2.89. The highest BCUT2D eigenvalue weighted by atomic mass is 16.5. The van der Waals surface area contributed by atoms with Gasteiger partial charge in [-0.25, -0.2) is 4.79 Å². The molecular weight excluding hydrogens is 574 g/mol. The average molecular weight is 630 g/mol. The first kappa shape index (κ1) is 33.0. The number of benzene rings is 1. The molecule has 6 heteroatoms.